The summed E-state index contributed by atoms with van der Waals surface area (Å²) >= 11 is 0. The number of hydrogen-bond donors (Lipinski definition) is 0. The van der Waals surface area contributed by atoms with Gasteiger partial charge in [-0.2, -0.15) is 0 Å². The van der Waals surface area contributed by atoms with E-state index in [-0.39, 0.29) is 5.78 Å². The molecular formula is C15H18O4. The second kappa shape index (κ2) is 5.03. The van der Waals surface area contributed by atoms with Crippen LogP contribution in [-0.2, 0) is 16.0 Å². The largest absolute Gasteiger partial charge is 0.497 e. The van der Waals surface area contributed by atoms with E-state index in [4.69, 9.17) is 9.47 Å². The predicted octanol–water partition coefficient (Wildman–Crippen LogP) is 2.39. The molecule has 0 fully saturated rings. The van der Waals surface area contributed by atoms with Crippen molar-refractivity contribution in [3.63, 3.8) is 0 Å². The molecule has 102 valence electrons. The molecule has 1 aliphatic rings. The molecule has 0 radical (unpaired) electrons. The highest BCUT2D eigenvalue weighted by Crippen LogP contribution is 2.42. The molecule has 2 rings (SSSR count). The van der Waals surface area contributed by atoms with Crippen molar-refractivity contribution >= 4 is 11.8 Å². The molecule has 0 heterocycles. The molecule has 4 nitrogen and oxygen atoms in total. The minimum atomic E-state index is -1.04. The highest BCUT2D eigenvalue weighted by molar-refractivity contribution is 6.16. The normalized spacial score (nSPS) is 21.1. The van der Waals surface area contributed by atoms with E-state index in [2.05, 4.69) is 0 Å². The van der Waals surface area contributed by atoms with Crippen molar-refractivity contribution < 1.29 is 19.1 Å². The molecule has 0 saturated carbocycles. The average molecular weight is 262 g/mol. The molecule has 0 saturated heterocycles. The van der Waals surface area contributed by atoms with E-state index in [1.807, 2.05) is 19.1 Å². The van der Waals surface area contributed by atoms with Gasteiger partial charge in [0.1, 0.15) is 11.2 Å². The molecular weight excluding hydrogens is 244 g/mol. The summed E-state index contributed by atoms with van der Waals surface area (Å²) in [6, 6.07) is 5.37. The van der Waals surface area contributed by atoms with Gasteiger partial charge in [0.25, 0.3) is 0 Å². The first-order valence-electron chi connectivity index (χ1n) is 6.39. The van der Waals surface area contributed by atoms with Gasteiger partial charge in [-0.3, -0.25) is 9.59 Å². The quantitative estimate of drug-likeness (QED) is 0.617. The predicted molar refractivity (Wildman–Crippen MR) is 70.4 cm³/mol. The third-order valence-electron chi connectivity index (χ3n) is 3.74. The van der Waals surface area contributed by atoms with Gasteiger partial charge in [-0.15, -0.1) is 0 Å². The fourth-order valence-electron chi connectivity index (χ4n) is 2.80. The maximum atomic E-state index is 12.6. The zero-order chi connectivity index (χ0) is 14.0. The van der Waals surface area contributed by atoms with Gasteiger partial charge in [0, 0.05) is 5.56 Å². The van der Waals surface area contributed by atoms with Crippen LogP contribution < -0.4 is 4.74 Å². The van der Waals surface area contributed by atoms with E-state index in [0.29, 0.717) is 24.2 Å². The Balaban J connectivity index is 2.47. The number of fused-ring (bicyclic) bond motifs is 1. The maximum absolute atomic E-state index is 12.6. The molecule has 0 amide bonds. The van der Waals surface area contributed by atoms with Crippen LogP contribution in [0.2, 0.25) is 0 Å². The minimum Gasteiger partial charge on any atom is -0.497 e. The zero-order valence-corrected chi connectivity index (χ0v) is 11.5. The van der Waals surface area contributed by atoms with Crippen LogP contribution in [0.15, 0.2) is 18.2 Å². The van der Waals surface area contributed by atoms with Gasteiger partial charge in [-0.25, -0.2) is 0 Å². The molecule has 0 aliphatic heterocycles. The van der Waals surface area contributed by atoms with E-state index < -0.39 is 11.4 Å². The summed E-state index contributed by atoms with van der Waals surface area (Å²) < 4.78 is 9.99. The van der Waals surface area contributed by atoms with Gasteiger partial charge >= 0.3 is 5.97 Å². The topological polar surface area (TPSA) is 52.6 Å². The van der Waals surface area contributed by atoms with Crippen molar-refractivity contribution in [2.45, 2.75) is 26.2 Å². The van der Waals surface area contributed by atoms with Crippen molar-refractivity contribution in [2.75, 3.05) is 14.2 Å². The van der Waals surface area contributed by atoms with Crippen molar-refractivity contribution in [1.29, 1.82) is 0 Å². The lowest BCUT2D eigenvalue weighted by Crippen LogP contribution is -2.38. The highest BCUT2D eigenvalue weighted by Gasteiger charge is 2.51. The van der Waals surface area contributed by atoms with Gasteiger partial charge in [-0.05, 0) is 30.5 Å². The highest BCUT2D eigenvalue weighted by atomic mass is 16.5. The molecule has 1 aromatic carbocycles. The van der Waals surface area contributed by atoms with Crippen LogP contribution in [0.4, 0.5) is 0 Å². The summed E-state index contributed by atoms with van der Waals surface area (Å²) in [6.45, 7) is 1.96. The molecule has 0 aromatic heterocycles. The van der Waals surface area contributed by atoms with Crippen LogP contribution in [-0.4, -0.2) is 26.0 Å². The lowest BCUT2D eigenvalue weighted by Gasteiger charge is -2.23. The summed E-state index contributed by atoms with van der Waals surface area (Å²) in [7, 11) is 2.89. The second-order valence-corrected chi connectivity index (χ2v) is 4.85. The van der Waals surface area contributed by atoms with Gasteiger partial charge in [0.2, 0.25) is 0 Å². The average Bonchev–Trinajstić information content (AvgIpc) is 2.72. The van der Waals surface area contributed by atoms with Crippen LogP contribution in [0.25, 0.3) is 0 Å². The number of ketones is 1. The van der Waals surface area contributed by atoms with Crippen LogP contribution in [0, 0.1) is 5.41 Å². The molecule has 0 unspecified atom stereocenters. The lowest BCUT2D eigenvalue weighted by atomic mass is 9.79. The molecule has 4 heteroatoms. The standard InChI is InChI=1S/C15H18O4/c1-4-7-15(14(17)19-3)9-10-5-6-11(18-2)8-12(10)13(15)16/h5-6,8H,4,7,9H2,1-3H3/t15-/m0/s1. The zero-order valence-electron chi connectivity index (χ0n) is 11.5. The van der Waals surface area contributed by atoms with Gasteiger partial charge in [-0.1, -0.05) is 19.4 Å². The van der Waals surface area contributed by atoms with Gasteiger partial charge < -0.3 is 9.47 Å². The molecule has 1 atom stereocenters. The number of ether oxygens (including phenoxy) is 2. The number of hydrogen-bond acceptors (Lipinski definition) is 4. The smallest absolute Gasteiger partial charge is 0.320 e. The van der Waals surface area contributed by atoms with Crippen LogP contribution in [0.3, 0.4) is 0 Å². The number of carbonyl (C=O) groups is 2. The second-order valence-electron chi connectivity index (χ2n) is 4.85. The molecule has 1 aromatic rings. The monoisotopic (exact) mass is 262 g/mol. The Labute approximate surface area is 112 Å². The first-order valence-corrected chi connectivity index (χ1v) is 6.39. The fourth-order valence-corrected chi connectivity index (χ4v) is 2.80. The van der Waals surface area contributed by atoms with E-state index in [1.54, 1.807) is 13.2 Å². The maximum Gasteiger partial charge on any atom is 0.320 e. The lowest BCUT2D eigenvalue weighted by molar-refractivity contribution is -0.149. The number of benzene rings is 1. The van der Waals surface area contributed by atoms with Crippen molar-refractivity contribution in [3.8, 4) is 5.75 Å². The van der Waals surface area contributed by atoms with Gasteiger partial charge in [0.15, 0.2) is 5.78 Å². The Morgan fingerprint density at radius 3 is 2.68 bits per heavy atom. The molecule has 19 heavy (non-hydrogen) atoms. The third kappa shape index (κ3) is 2.01. The van der Waals surface area contributed by atoms with E-state index in [0.717, 1.165) is 12.0 Å². The number of rotatable bonds is 4. The third-order valence-corrected chi connectivity index (χ3v) is 3.74. The molecule has 0 N–H and O–H groups in total. The summed E-state index contributed by atoms with van der Waals surface area (Å²) in [5.74, 6) is 0.0499. The summed E-state index contributed by atoms with van der Waals surface area (Å²) in [5.41, 5.74) is 0.431. The van der Waals surface area contributed by atoms with Crippen molar-refractivity contribution in [1.82, 2.24) is 0 Å². The Bertz CT molecular complexity index is 521. The summed E-state index contributed by atoms with van der Waals surface area (Å²) in [5, 5.41) is 0. The number of carbonyl (C=O) groups excluding carboxylic acids is 2. The first-order chi connectivity index (χ1) is 9.08. The molecule has 0 spiro atoms. The van der Waals surface area contributed by atoms with E-state index in [9.17, 15) is 9.59 Å². The molecule has 0 bridgehead atoms. The Hall–Kier alpha value is -1.84. The van der Waals surface area contributed by atoms with Crippen LogP contribution in [0.5, 0.6) is 5.75 Å². The van der Waals surface area contributed by atoms with Crippen molar-refractivity contribution in [3.05, 3.63) is 29.3 Å². The first kappa shape index (κ1) is 13.6. The Kier molecular flexibility index (Phi) is 3.60. The van der Waals surface area contributed by atoms with Crippen molar-refractivity contribution in [2.24, 2.45) is 5.41 Å². The molecule has 1 aliphatic carbocycles. The number of esters is 1. The number of methoxy groups -OCH3 is 2. The number of Topliss-reactive ketones (excluding diaryl/α,β-unsaturated/α-hetero) is 1. The Morgan fingerprint density at radius 1 is 1.37 bits per heavy atom. The summed E-state index contributed by atoms with van der Waals surface area (Å²) in [6.07, 6.45) is 1.69. The van der Waals surface area contributed by atoms with E-state index >= 15 is 0 Å². The van der Waals surface area contributed by atoms with Crippen LogP contribution in [0.1, 0.15) is 35.7 Å². The summed E-state index contributed by atoms with van der Waals surface area (Å²) in [4.78, 5) is 24.7. The van der Waals surface area contributed by atoms with Crippen LogP contribution >= 0.6 is 0 Å². The Morgan fingerprint density at radius 2 is 2.11 bits per heavy atom. The minimum absolute atomic E-state index is 0.143. The fraction of sp³-hybridized carbons (Fsp3) is 0.467. The van der Waals surface area contributed by atoms with E-state index in [1.165, 1.54) is 7.11 Å². The van der Waals surface area contributed by atoms with Gasteiger partial charge in [0.05, 0.1) is 14.2 Å². The SMILES string of the molecule is CCC[C@]1(C(=O)OC)Cc2ccc(OC)cc2C1=O.